The number of aryl methyl sites for hydroxylation is 1. The Balaban J connectivity index is 1.44. The lowest BCUT2D eigenvalue weighted by atomic mass is 10.0. The van der Waals surface area contributed by atoms with Gasteiger partial charge in [-0.25, -0.2) is 11.4 Å². The fraction of sp³-hybridized carbons (Fsp3) is 0.625. The highest BCUT2D eigenvalue weighted by molar-refractivity contribution is 5.69. The molecule has 2 fully saturated rings. The molecule has 10 heteroatoms. The highest BCUT2D eigenvalue weighted by Gasteiger charge is 2.37. The highest BCUT2D eigenvalue weighted by Crippen LogP contribution is 2.34. The molecule has 0 radical (unpaired) electrons. The van der Waals surface area contributed by atoms with Crippen molar-refractivity contribution in [1.82, 2.24) is 19.8 Å². The van der Waals surface area contributed by atoms with Gasteiger partial charge in [-0.05, 0) is 84.7 Å². The number of likely N-dealkylation sites (tertiary alicyclic amines) is 1. The first kappa shape index (κ1) is 29.9. The molecule has 1 aromatic heterocycles. The second kappa shape index (κ2) is 12.3. The van der Waals surface area contributed by atoms with E-state index < -0.39 is 5.60 Å². The highest BCUT2D eigenvalue weighted by atomic mass is 16.6. The van der Waals surface area contributed by atoms with Crippen LogP contribution in [0.4, 0.5) is 16.3 Å². The van der Waals surface area contributed by atoms with E-state index in [9.17, 15) is 4.79 Å². The number of aromatic nitrogens is 2. The number of likely N-dealkylation sites (N-methyl/N-ethyl adjacent to an activating group) is 1. The third-order valence-corrected chi connectivity index (χ3v) is 8.73. The van der Waals surface area contributed by atoms with E-state index in [1.165, 1.54) is 23.2 Å². The smallest absolute Gasteiger partial charge is 0.410 e. The van der Waals surface area contributed by atoms with Crippen LogP contribution in [-0.2, 0) is 17.7 Å². The van der Waals surface area contributed by atoms with Crippen LogP contribution >= 0.6 is 0 Å². The number of anilines is 2. The maximum Gasteiger partial charge on any atom is 0.410 e. The van der Waals surface area contributed by atoms with Crippen molar-refractivity contribution in [3.05, 3.63) is 52.0 Å². The predicted molar refractivity (Wildman–Crippen MR) is 164 cm³/mol. The van der Waals surface area contributed by atoms with Gasteiger partial charge in [0.25, 0.3) is 0 Å². The van der Waals surface area contributed by atoms with Crippen LogP contribution in [0.15, 0.2) is 18.2 Å². The molecule has 2 saturated heterocycles. The Kier molecular flexibility index (Phi) is 8.78. The summed E-state index contributed by atoms with van der Waals surface area (Å²) in [6.45, 7) is 22.5. The van der Waals surface area contributed by atoms with Crippen LogP contribution in [0.25, 0.3) is 4.85 Å². The second-order valence-corrected chi connectivity index (χ2v) is 12.8. The summed E-state index contributed by atoms with van der Waals surface area (Å²) in [5, 5.41) is 0. The Bertz CT molecular complexity index is 1330. The maximum atomic E-state index is 13.0. The lowest BCUT2D eigenvalue weighted by Crippen LogP contribution is -2.57. The zero-order valence-corrected chi connectivity index (χ0v) is 26.0. The first-order valence-electron chi connectivity index (χ1n) is 15.2. The van der Waals surface area contributed by atoms with Gasteiger partial charge in [-0.2, -0.15) is 9.97 Å². The molecular weight excluding hydrogens is 530 g/mol. The van der Waals surface area contributed by atoms with Crippen molar-refractivity contribution < 1.29 is 14.3 Å². The number of fused-ring (bicyclic) bond motifs is 1. The minimum atomic E-state index is -0.594. The first-order chi connectivity index (χ1) is 20.0. The van der Waals surface area contributed by atoms with Crippen molar-refractivity contribution in [3.8, 4) is 6.01 Å². The number of carbonyl (C=O) groups is 1. The van der Waals surface area contributed by atoms with E-state index >= 15 is 0 Å². The van der Waals surface area contributed by atoms with Gasteiger partial charge in [-0.1, -0.05) is 12.1 Å². The summed E-state index contributed by atoms with van der Waals surface area (Å²) in [6, 6.07) is 6.94. The number of hydrogen-bond acceptors (Lipinski definition) is 8. The Morgan fingerprint density at radius 3 is 2.62 bits per heavy atom. The summed E-state index contributed by atoms with van der Waals surface area (Å²) >= 11 is 0. The van der Waals surface area contributed by atoms with Crippen molar-refractivity contribution in [1.29, 1.82) is 0 Å². The van der Waals surface area contributed by atoms with Crippen molar-refractivity contribution >= 4 is 17.6 Å². The van der Waals surface area contributed by atoms with Gasteiger partial charge in [-0.3, -0.25) is 4.90 Å². The number of amides is 1. The Morgan fingerprint density at radius 1 is 1.10 bits per heavy atom. The lowest BCUT2D eigenvalue weighted by Gasteiger charge is -2.41. The zero-order chi connectivity index (χ0) is 30.0. The molecule has 0 spiro atoms. The van der Waals surface area contributed by atoms with Crippen molar-refractivity contribution in [2.45, 2.75) is 78.1 Å². The number of hydrogen-bond donors (Lipinski definition) is 0. The molecule has 1 aromatic carbocycles. The summed E-state index contributed by atoms with van der Waals surface area (Å²) < 4.78 is 12.0. The third-order valence-electron chi connectivity index (χ3n) is 8.73. The molecule has 3 aliphatic rings. The second-order valence-electron chi connectivity index (χ2n) is 12.8. The number of ether oxygens (including phenoxy) is 2. The monoisotopic (exact) mass is 575 g/mol. The average Bonchev–Trinajstić information content (AvgIpc) is 3.36. The van der Waals surface area contributed by atoms with Crippen molar-refractivity contribution in [2.24, 2.45) is 0 Å². The van der Waals surface area contributed by atoms with Gasteiger partial charge in [0.05, 0.1) is 12.2 Å². The topological polar surface area (TPSA) is 78.6 Å². The van der Waals surface area contributed by atoms with Crippen LogP contribution in [0.3, 0.4) is 0 Å². The number of benzene rings is 1. The average molecular weight is 576 g/mol. The fourth-order valence-electron chi connectivity index (χ4n) is 6.23. The van der Waals surface area contributed by atoms with E-state index in [1.807, 2.05) is 20.8 Å². The van der Waals surface area contributed by atoms with Crippen molar-refractivity contribution in [2.75, 3.05) is 62.7 Å². The maximum absolute atomic E-state index is 13.0. The van der Waals surface area contributed by atoms with E-state index in [2.05, 4.69) is 58.6 Å². The fourth-order valence-corrected chi connectivity index (χ4v) is 6.23. The van der Waals surface area contributed by atoms with Crippen LogP contribution < -0.4 is 14.5 Å². The molecular formula is C32H45N7O3. The third kappa shape index (κ3) is 6.57. The van der Waals surface area contributed by atoms with E-state index in [0.29, 0.717) is 44.8 Å². The predicted octanol–water partition coefficient (Wildman–Crippen LogP) is 4.47. The molecule has 0 N–H and O–H groups in total. The molecule has 0 aliphatic carbocycles. The van der Waals surface area contributed by atoms with Gasteiger partial charge in [0, 0.05) is 43.5 Å². The van der Waals surface area contributed by atoms with Gasteiger partial charge >= 0.3 is 12.1 Å². The minimum absolute atomic E-state index is 0.209. The molecule has 4 heterocycles. The summed E-state index contributed by atoms with van der Waals surface area (Å²) in [5.74, 6) is 0.870. The molecule has 2 aromatic rings. The van der Waals surface area contributed by atoms with Crippen LogP contribution in [-0.4, -0.2) is 96.5 Å². The summed E-state index contributed by atoms with van der Waals surface area (Å²) in [4.78, 5) is 35.3. The number of rotatable bonds is 6. The minimum Gasteiger partial charge on any atom is -0.462 e. The van der Waals surface area contributed by atoms with Gasteiger partial charge in [0.1, 0.15) is 24.1 Å². The zero-order valence-electron chi connectivity index (χ0n) is 26.0. The number of carbonyl (C=O) groups excluding carboxylic acids is 1. The molecule has 1 amide bonds. The molecule has 5 rings (SSSR count). The Labute approximate surface area is 250 Å². The lowest BCUT2D eigenvalue weighted by molar-refractivity contribution is 0.0155. The van der Waals surface area contributed by atoms with E-state index in [1.54, 1.807) is 4.90 Å². The van der Waals surface area contributed by atoms with Crippen LogP contribution in [0.1, 0.15) is 56.0 Å². The van der Waals surface area contributed by atoms with Crippen LogP contribution in [0.2, 0.25) is 0 Å². The molecule has 3 aliphatic heterocycles. The van der Waals surface area contributed by atoms with Crippen molar-refractivity contribution in [3.63, 3.8) is 0 Å². The van der Waals surface area contributed by atoms with E-state index in [4.69, 9.17) is 26.0 Å². The van der Waals surface area contributed by atoms with Crippen LogP contribution in [0, 0.1) is 20.4 Å². The normalized spacial score (nSPS) is 21.2. The summed E-state index contributed by atoms with van der Waals surface area (Å²) in [6.07, 6.45) is 2.73. The van der Waals surface area contributed by atoms with Crippen LogP contribution in [0.5, 0.6) is 6.01 Å². The summed E-state index contributed by atoms with van der Waals surface area (Å²) in [7, 11) is 2.14. The quantitative estimate of drug-likeness (QED) is 0.467. The molecule has 226 valence electrons. The van der Waals surface area contributed by atoms with E-state index in [0.717, 1.165) is 43.0 Å². The van der Waals surface area contributed by atoms with Gasteiger partial charge in [0.2, 0.25) is 6.54 Å². The van der Waals surface area contributed by atoms with E-state index in [-0.39, 0.29) is 18.7 Å². The van der Waals surface area contributed by atoms with Gasteiger partial charge < -0.3 is 29.0 Å². The Hall–Kier alpha value is -3.58. The number of nitrogens with zero attached hydrogens (tertiary/aromatic N) is 7. The molecule has 42 heavy (non-hydrogen) atoms. The molecule has 10 nitrogen and oxygen atoms in total. The summed E-state index contributed by atoms with van der Waals surface area (Å²) in [5.41, 5.74) is 5.33. The Morgan fingerprint density at radius 2 is 1.90 bits per heavy atom. The molecule has 0 unspecified atom stereocenters. The molecule has 0 saturated carbocycles. The largest absolute Gasteiger partial charge is 0.462 e. The SMILES string of the molecule is [C-]#[N+]C[C@H]1CN(c2nc(OC[C@@H]3CCCN3C)nc3c2CCN(c2cccc(C)c2C)C3)CCN1C(=O)OC(C)(C)C. The standard InChI is InChI=1S/C32H45N7O3/c1-22-10-8-12-28(23(22)2)37-15-13-26-27(20-37)34-30(41-21-24-11-9-14-36(24)7)35-29(26)38-16-17-39(25(19-38)18-33-6)31(40)42-32(3,4)5/h8,10,12,24-25H,9,11,13-21H2,1-5,7H3/t24-,25-/m0/s1. The van der Waals surface area contributed by atoms with Gasteiger partial charge in [-0.15, -0.1) is 0 Å². The molecule has 2 atom stereocenters. The molecule has 0 bridgehead atoms. The van der Waals surface area contributed by atoms with Gasteiger partial charge in [0.15, 0.2) is 0 Å². The number of piperazine rings is 1. The first-order valence-corrected chi connectivity index (χ1v) is 15.2.